The van der Waals surface area contributed by atoms with Gasteiger partial charge in [0.15, 0.2) is 0 Å². The van der Waals surface area contributed by atoms with E-state index >= 15 is 0 Å². The number of benzene rings is 1. The molecule has 0 bridgehead atoms. The molecule has 18 heavy (non-hydrogen) atoms. The lowest BCUT2D eigenvalue weighted by atomic mass is 10.1. The molecule has 94 valence electrons. The molecule has 1 aromatic carbocycles. The molecule has 1 heterocycles. The molecule has 0 aliphatic heterocycles. The van der Waals surface area contributed by atoms with Crippen LogP contribution in [0.5, 0.6) is 0 Å². The number of hydrogen-bond donors (Lipinski definition) is 2. The van der Waals surface area contributed by atoms with E-state index in [4.69, 9.17) is 5.73 Å². The third kappa shape index (κ3) is 3.20. The summed E-state index contributed by atoms with van der Waals surface area (Å²) in [5.74, 6) is 1.01. The van der Waals surface area contributed by atoms with E-state index in [1.54, 1.807) is 6.20 Å². The van der Waals surface area contributed by atoms with Crippen molar-refractivity contribution in [2.24, 2.45) is 0 Å². The highest BCUT2D eigenvalue weighted by Crippen LogP contribution is 2.19. The predicted octanol–water partition coefficient (Wildman–Crippen LogP) is 2.78. The molecule has 0 saturated heterocycles. The minimum Gasteiger partial charge on any atom is -0.369 e. The molecule has 0 spiro atoms. The predicted molar refractivity (Wildman–Crippen MR) is 77.5 cm³/mol. The van der Waals surface area contributed by atoms with Gasteiger partial charge in [-0.1, -0.05) is 24.3 Å². The highest BCUT2D eigenvalue weighted by molar-refractivity contribution is 9.10. The Bertz CT molecular complexity index is 542. The van der Waals surface area contributed by atoms with E-state index in [9.17, 15) is 0 Å². The number of halogens is 1. The van der Waals surface area contributed by atoms with Gasteiger partial charge in [0.1, 0.15) is 5.82 Å². The van der Waals surface area contributed by atoms with Gasteiger partial charge >= 0.3 is 0 Å². The van der Waals surface area contributed by atoms with Crippen LogP contribution in [0.4, 0.5) is 11.8 Å². The van der Waals surface area contributed by atoms with Gasteiger partial charge in [-0.25, -0.2) is 4.98 Å². The van der Waals surface area contributed by atoms with E-state index < -0.39 is 0 Å². The third-order valence-electron chi connectivity index (χ3n) is 2.71. The Hall–Kier alpha value is -1.62. The van der Waals surface area contributed by atoms with Gasteiger partial charge in [-0.15, -0.1) is 0 Å². The number of aryl methyl sites for hydroxylation is 1. The Morgan fingerprint density at radius 1 is 1.33 bits per heavy atom. The van der Waals surface area contributed by atoms with E-state index in [1.807, 2.05) is 6.07 Å². The number of rotatable bonds is 4. The molecule has 2 rings (SSSR count). The van der Waals surface area contributed by atoms with E-state index in [0.717, 1.165) is 23.3 Å². The average molecular weight is 307 g/mol. The van der Waals surface area contributed by atoms with Crippen LogP contribution in [0.2, 0.25) is 0 Å². The number of nitrogens with one attached hydrogen (secondary N) is 1. The maximum absolute atomic E-state index is 5.55. The fourth-order valence-electron chi connectivity index (χ4n) is 1.71. The lowest BCUT2D eigenvalue weighted by Crippen LogP contribution is -2.09. The molecule has 0 unspecified atom stereocenters. The zero-order valence-corrected chi connectivity index (χ0v) is 11.7. The first-order valence-electron chi connectivity index (χ1n) is 5.73. The minimum atomic E-state index is 0.275. The van der Waals surface area contributed by atoms with E-state index in [-0.39, 0.29) is 5.95 Å². The van der Waals surface area contributed by atoms with Gasteiger partial charge in [-0.05, 0) is 40.4 Å². The first-order chi connectivity index (χ1) is 8.66. The summed E-state index contributed by atoms with van der Waals surface area (Å²) in [6.07, 6.45) is 2.60. The van der Waals surface area contributed by atoms with Crippen molar-refractivity contribution in [1.29, 1.82) is 0 Å². The second kappa shape index (κ2) is 5.82. The molecule has 0 aliphatic carbocycles. The molecular formula is C13H15BrN4. The highest BCUT2D eigenvalue weighted by atomic mass is 79.9. The van der Waals surface area contributed by atoms with Crippen LogP contribution in [0, 0.1) is 6.92 Å². The smallest absolute Gasteiger partial charge is 0.221 e. The first kappa shape index (κ1) is 12.8. The van der Waals surface area contributed by atoms with Crippen LogP contribution in [0.3, 0.4) is 0 Å². The molecule has 0 aliphatic rings. The molecule has 1 aromatic heterocycles. The normalized spacial score (nSPS) is 10.3. The van der Waals surface area contributed by atoms with Crippen molar-refractivity contribution < 1.29 is 0 Å². The van der Waals surface area contributed by atoms with Crippen molar-refractivity contribution in [3.63, 3.8) is 0 Å². The van der Waals surface area contributed by atoms with E-state index in [2.05, 4.69) is 56.3 Å². The quantitative estimate of drug-likeness (QED) is 0.911. The number of anilines is 2. The zero-order chi connectivity index (χ0) is 13.0. The second-order valence-corrected chi connectivity index (χ2v) is 4.88. The molecule has 2 aromatic rings. The highest BCUT2D eigenvalue weighted by Gasteiger charge is 2.03. The summed E-state index contributed by atoms with van der Waals surface area (Å²) in [7, 11) is 0. The Labute approximate surface area is 115 Å². The van der Waals surface area contributed by atoms with Gasteiger partial charge in [0, 0.05) is 12.7 Å². The third-order valence-corrected chi connectivity index (χ3v) is 3.29. The van der Waals surface area contributed by atoms with Gasteiger partial charge in [0.05, 0.1) is 4.47 Å². The molecule has 3 N–H and O–H groups in total. The Kier molecular flexibility index (Phi) is 4.15. The number of nitrogens with zero attached hydrogens (tertiary/aromatic N) is 2. The van der Waals surface area contributed by atoms with Gasteiger partial charge in [-0.3, -0.25) is 0 Å². The van der Waals surface area contributed by atoms with Crippen molar-refractivity contribution in [3.8, 4) is 0 Å². The fourth-order valence-corrected chi connectivity index (χ4v) is 2.04. The van der Waals surface area contributed by atoms with Crippen molar-refractivity contribution >= 4 is 27.7 Å². The van der Waals surface area contributed by atoms with Crippen molar-refractivity contribution in [1.82, 2.24) is 9.97 Å². The van der Waals surface area contributed by atoms with E-state index in [0.29, 0.717) is 0 Å². The van der Waals surface area contributed by atoms with Crippen LogP contribution in [0.1, 0.15) is 11.1 Å². The summed E-state index contributed by atoms with van der Waals surface area (Å²) in [4.78, 5) is 8.03. The van der Waals surface area contributed by atoms with Crippen molar-refractivity contribution in [3.05, 3.63) is 46.1 Å². The largest absolute Gasteiger partial charge is 0.369 e. The van der Waals surface area contributed by atoms with Crippen molar-refractivity contribution in [2.75, 3.05) is 17.6 Å². The standard InChI is InChI=1S/C13H15BrN4/c1-9-4-2-3-5-10(9)6-7-16-12-11(14)8-17-13(15)18-12/h2-5,8H,6-7H2,1H3,(H3,15,16,17,18). The summed E-state index contributed by atoms with van der Waals surface area (Å²) in [5.41, 5.74) is 8.19. The van der Waals surface area contributed by atoms with Crippen LogP contribution < -0.4 is 11.1 Å². The van der Waals surface area contributed by atoms with Crippen LogP contribution in [-0.4, -0.2) is 16.5 Å². The number of hydrogen-bond acceptors (Lipinski definition) is 4. The van der Waals surface area contributed by atoms with Crippen LogP contribution >= 0.6 is 15.9 Å². The SMILES string of the molecule is Cc1ccccc1CCNc1nc(N)ncc1Br. The van der Waals surface area contributed by atoms with Crippen LogP contribution in [0.25, 0.3) is 0 Å². The zero-order valence-electron chi connectivity index (χ0n) is 10.2. The Morgan fingerprint density at radius 3 is 2.89 bits per heavy atom. The Balaban J connectivity index is 1.96. The van der Waals surface area contributed by atoms with Crippen LogP contribution in [0.15, 0.2) is 34.9 Å². The molecular weight excluding hydrogens is 292 g/mol. The molecule has 4 nitrogen and oxygen atoms in total. The maximum Gasteiger partial charge on any atom is 0.221 e. The fraction of sp³-hybridized carbons (Fsp3) is 0.231. The van der Waals surface area contributed by atoms with Gasteiger partial charge in [0.25, 0.3) is 0 Å². The Morgan fingerprint density at radius 2 is 2.11 bits per heavy atom. The lowest BCUT2D eigenvalue weighted by molar-refractivity contribution is 0.987. The lowest BCUT2D eigenvalue weighted by Gasteiger charge is -2.09. The van der Waals surface area contributed by atoms with Gasteiger partial charge in [-0.2, -0.15) is 4.98 Å². The van der Waals surface area contributed by atoms with Crippen molar-refractivity contribution in [2.45, 2.75) is 13.3 Å². The molecule has 0 atom stereocenters. The van der Waals surface area contributed by atoms with Crippen LogP contribution in [-0.2, 0) is 6.42 Å². The molecule has 5 heteroatoms. The van der Waals surface area contributed by atoms with Gasteiger partial charge < -0.3 is 11.1 Å². The monoisotopic (exact) mass is 306 g/mol. The second-order valence-electron chi connectivity index (χ2n) is 4.03. The summed E-state index contributed by atoms with van der Waals surface area (Å²) in [6, 6.07) is 8.36. The summed E-state index contributed by atoms with van der Waals surface area (Å²) < 4.78 is 0.821. The van der Waals surface area contributed by atoms with E-state index in [1.165, 1.54) is 11.1 Å². The first-order valence-corrected chi connectivity index (χ1v) is 6.52. The molecule has 0 saturated carbocycles. The number of nitrogens with two attached hydrogens (primary N) is 1. The molecule has 0 amide bonds. The summed E-state index contributed by atoms with van der Waals surface area (Å²) in [5, 5.41) is 3.25. The van der Waals surface area contributed by atoms with Gasteiger partial charge in [0.2, 0.25) is 5.95 Å². The number of aromatic nitrogens is 2. The maximum atomic E-state index is 5.55. The summed E-state index contributed by atoms with van der Waals surface area (Å²) >= 11 is 3.39. The minimum absolute atomic E-state index is 0.275. The summed E-state index contributed by atoms with van der Waals surface area (Å²) in [6.45, 7) is 2.92. The average Bonchev–Trinajstić information content (AvgIpc) is 2.36. The molecule has 0 radical (unpaired) electrons. The molecule has 0 fully saturated rings. The number of nitrogen functional groups attached to an aromatic ring is 1. The topological polar surface area (TPSA) is 63.8 Å².